The Kier molecular flexibility index (Phi) is 4.41. The highest BCUT2D eigenvalue weighted by atomic mass is 32.2. The number of rotatable bonds is 2. The third-order valence-electron chi connectivity index (χ3n) is 3.81. The van der Waals surface area contributed by atoms with Crippen LogP contribution in [0.1, 0.15) is 13.3 Å². The molecule has 2 aliphatic heterocycles. The van der Waals surface area contributed by atoms with Crippen LogP contribution in [-0.4, -0.2) is 37.7 Å². The fraction of sp³-hybridized carbons (Fsp3) is 0.500. The predicted octanol–water partition coefficient (Wildman–Crippen LogP) is 3.22. The van der Waals surface area contributed by atoms with Crippen molar-refractivity contribution in [1.82, 2.24) is 10.0 Å². The van der Waals surface area contributed by atoms with Crippen LogP contribution in [0.25, 0.3) is 0 Å². The summed E-state index contributed by atoms with van der Waals surface area (Å²) in [7, 11) is 0. The lowest BCUT2D eigenvalue weighted by Crippen LogP contribution is -2.58. The molecule has 9 heteroatoms. The molecule has 1 atom stereocenters. The van der Waals surface area contributed by atoms with E-state index < -0.39 is 18.0 Å². The molecule has 23 heavy (non-hydrogen) atoms. The first-order valence-electron chi connectivity index (χ1n) is 7.28. The van der Waals surface area contributed by atoms with Crippen LogP contribution in [0, 0.1) is 5.82 Å². The Morgan fingerprint density at radius 3 is 2.87 bits per heavy atom. The van der Waals surface area contributed by atoms with Gasteiger partial charge in [-0.1, -0.05) is 6.92 Å². The fourth-order valence-corrected chi connectivity index (χ4v) is 3.51. The average Bonchev–Trinajstić information content (AvgIpc) is 2.53. The second-order valence-electron chi connectivity index (χ2n) is 5.34. The molecule has 126 valence electrons. The van der Waals surface area contributed by atoms with Gasteiger partial charge in [-0.25, -0.2) is 9.38 Å². The number of fused-ring (bicyclic) bond motifs is 1. The van der Waals surface area contributed by atoms with Crippen molar-refractivity contribution in [1.29, 1.82) is 0 Å². The highest BCUT2D eigenvalue weighted by molar-refractivity contribution is 7.98. The Morgan fingerprint density at radius 2 is 2.17 bits per heavy atom. The van der Waals surface area contributed by atoms with Crippen molar-refractivity contribution in [3.05, 3.63) is 17.9 Å². The molecule has 0 aromatic heterocycles. The van der Waals surface area contributed by atoms with Crippen LogP contribution in [0.2, 0.25) is 0 Å². The summed E-state index contributed by atoms with van der Waals surface area (Å²) in [5, 5.41) is 2.75. The molecule has 1 fully saturated rings. The average molecular weight is 348 g/mol. The van der Waals surface area contributed by atoms with E-state index in [1.807, 2.05) is 6.92 Å². The molecular formula is C14H16F4N4S. The smallest absolute Gasteiger partial charge is 0.356 e. The van der Waals surface area contributed by atoms with Gasteiger partial charge in [-0.15, -0.1) is 0 Å². The molecule has 3 rings (SSSR count). The SMILES string of the molecule is CCC1=Nc2c(cc(F)cc2N2CCNC[C@H]2C(F)(F)F)SN1. The van der Waals surface area contributed by atoms with Crippen molar-refractivity contribution in [2.75, 3.05) is 24.5 Å². The van der Waals surface area contributed by atoms with Gasteiger partial charge in [0.05, 0.1) is 10.6 Å². The van der Waals surface area contributed by atoms with E-state index in [2.05, 4.69) is 15.0 Å². The quantitative estimate of drug-likeness (QED) is 0.636. The number of halogens is 4. The van der Waals surface area contributed by atoms with Crippen LogP contribution < -0.4 is 14.9 Å². The first-order chi connectivity index (χ1) is 10.9. The molecule has 1 aromatic rings. The van der Waals surface area contributed by atoms with Crippen LogP contribution >= 0.6 is 11.9 Å². The summed E-state index contributed by atoms with van der Waals surface area (Å²) in [6.07, 6.45) is -3.78. The molecule has 0 bridgehead atoms. The normalized spacial score (nSPS) is 21.5. The van der Waals surface area contributed by atoms with Crippen molar-refractivity contribution >= 4 is 29.2 Å². The topological polar surface area (TPSA) is 39.7 Å². The van der Waals surface area contributed by atoms with E-state index in [1.165, 1.54) is 22.9 Å². The Balaban J connectivity index is 2.08. The molecule has 2 heterocycles. The van der Waals surface area contributed by atoms with E-state index >= 15 is 0 Å². The van der Waals surface area contributed by atoms with Crippen LogP contribution in [0.4, 0.5) is 28.9 Å². The number of amidine groups is 1. The van der Waals surface area contributed by atoms with Gasteiger partial charge in [-0.05, 0) is 24.1 Å². The lowest BCUT2D eigenvalue weighted by molar-refractivity contribution is -0.149. The fourth-order valence-electron chi connectivity index (χ4n) is 2.68. The van der Waals surface area contributed by atoms with Crippen molar-refractivity contribution in [3.63, 3.8) is 0 Å². The van der Waals surface area contributed by atoms with Crippen molar-refractivity contribution in [2.45, 2.75) is 30.5 Å². The molecule has 1 aromatic carbocycles. The minimum Gasteiger partial charge on any atom is -0.356 e. The van der Waals surface area contributed by atoms with Gasteiger partial charge < -0.3 is 14.9 Å². The zero-order valence-electron chi connectivity index (χ0n) is 12.4. The summed E-state index contributed by atoms with van der Waals surface area (Å²) >= 11 is 1.18. The van der Waals surface area contributed by atoms with Gasteiger partial charge >= 0.3 is 6.18 Å². The highest BCUT2D eigenvalue weighted by Gasteiger charge is 2.45. The third-order valence-corrected chi connectivity index (χ3v) is 4.68. The van der Waals surface area contributed by atoms with Gasteiger partial charge in [0.1, 0.15) is 23.4 Å². The van der Waals surface area contributed by atoms with Crippen molar-refractivity contribution in [3.8, 4) is 0 Å². The van der Waals surface area contributed by atoms with Crippen LogP contribution in [0.3, 0.4) is 0 Å². The summed E-state index contributed by atoms with van der Waals surface area (Å²) in [4.78, 5) is 6.09. The zero-order chi connectivity index (χ0) is 16.6. The maximum absolute atomic E-state index is 13.9. The molecular weight excluding hydrogens is 332 g/mol. The van der Waals surface area contributed by atoms with E-state index in [-0.39, 0.29) is 18.8 Å². The Morgan fingerprint density at radius 1 is 1.39 bits per heavy atom. The highest BCUT2D eigenvalue weighted by Crippen LogP contribution is 2.43. The van der Waals surface area contributed by atoms with E-state index in [1.54, 1.807) is 0 Å². The summed E-state index contributed by atoms with van der Waals surface area (Å²) < 4.78 is 56.8. The molecule has 0 saturated carbocycles. The zero-order valence-corrected chi connectivity index (χ0v) is 13.2. The van der Waals surface area contributed by atoms with Crippen molar-refractivity contribution < 1.29 is 17.6 Å². The molecule has 0 aliphatic carbocycles. The summed E-state index contributed by atoms with van der Waals surface area (Å²) in [6, 6.07) is 0.741. The molecule has 1 saturated heterocycles. The van der Waals surface area contributed by atoms with Crippen LogP contribution in [-0.2, 0) is 0 Å². The predicted molar refractivity (Wildman–Crippen MR) is 82.8 cm³/mol. The molecule has 0 spiro atoms. The number of nitrogens with zero attached hydrogens (tertiary/aromatic N) is 2. The number of hydrogen-bond donors (Lipinski definition) is 2. The van der Waals surface area contributed by atoms with E-state index in [4.69, 9.17) is 0 Å². The number of aliphatic imine (C=N–C) groups is 1. The Labute approximate surface area is 135 Å². The number of hydrogen-bond acceptors (Lipinski definition) is 5. The largest absolute Gasteiger partial charge is 0.409 e. The van der Waals surface area contributed by atoms with Gasteiger partial charge in [-0.3, -0.25) is 0 Å². The first-order valence-corrected chi connectivity index (χ1v) is 8.10. The summed E-state index contributed by atoms with van der Waals surface area (Å²) in [5.74, 6) is 0.0942. The summed E-state index contributed by atoms with van der Waals surface area (Å²) in [5.41, 5.74) is 0.604. The minimum atomic E-state index is -4.40. The number of alkyl halides is 3. The number of anilines is 1. The molecule has 4 nitrogen and oxygen atoms in total. The van der Waals surface area contributed by atoms with E-state index in [9.17, 15) is 17.6 Å². The maximum atomic E-state index is 13.9. The monoisotopic (exact) mass is 348 g/mol. The lowest BCUT2D eigenvalue weighted by atomic mass is 10.1. The Hall–Kier alpha value is -1.48. The number of benzene rings is 1. The third kappa shape index (κ3) is 3.25. The van der Waals surface area contributed by atoms with Gasteiger partial charge in [0.15, 0.2) is 0 Å². The second-order valence-corrected chi connectivity index (χ2v) is 6.19. The lowest BCUT2D eigenvalue weighted by Gasteiger charge is -2.39. The van der Waals surface area contributed by atoms with Crippen molar-refractivity contribution in [2.24, 2.45) is 4.99 Å². The molecule has 0 radical (unpaired) electrons. The van der Waals surface area contributed by atoms with E-state index in [0.29, 0.717) is 29.4 Å². The molecule has 0 unspecified atom stereocenters. The Bertz CT molecular complexity index is 632. The number of nitrogens with one attached hydrogen (secondary N) is 2. The van der Waals surface area contributed by atoms with E-state index in [0.717, 1.165) is 6.07 Å². The van der Waals surface area contributed by atoms with Crippen LogP contribution in [0.5, 0.6) is 0 Å². The molecule has 2 aliphatic rings. The second kappa shape index (κ2) is 6.20. The standard InChI is InChI=1S/C14H16F4N4S/c1-2-12-20-13-9(5-8(15)6-10(13)23-21-12)22-4-3-19-7-11(22)14(16,17)18/h5-6,11,19H,2-4,7H2,1H3,(H,20,21)/t11-/m0/s1. The van der Waals surface area contributed by atoms with Crippen LogP contribution in [0.15, 0.2) is 22.0 Å². The molecule has 2 N–H and O–H groups in total. The first kappa shape index (κ1) is 16.4. The van der Waals surface area contributed by atoms with Gasteiger partial charge in [-0.2, -0.15) is 13.2 Å². The summed E-state index contributed by atoms with van der Waals surface area (Å²) in [6.45, 7) is 2.23. The maximum Gasteiger partial charge on any atom is 0.409 e. The number of piperazine rings is 1. The van der Waals surface area contributed by atoms with Gasteiger partial charge in [0, 0.05) is 26.1 Å². The van der Waals surface area contributed by atoms with Gasteiger partial charge in [0.25, 0.3) is 0 Å². The van der Waals surface area contributed by atoms with Gasteiger partial charge in [0.2, 0.25) is 0 Å². The minimum absolute atomic E-state index is 0.148. The molecule has 0 amide bonds.